The van der Waals surface area contributed by atoms with E-state index in [1.165, 1.54) is 54.9 Å². The second-order valence-electron chi connectivity index (χ2n) is 9.48. The molecule has 0 N–H and O–H groups in total. The van der Waals surface area contributed by atoms with Gasteiger partial charge in [0.15, 0.2) is 0 Å². The van der Waals surface area contributed by atoms with Gasteiger partial charge in [-0.25, -0.2) is 0 Å². The summed E-state index contributed by atoms with van der Waals surface area (Å²) in [4.78, 5) is 9.00. The Balaban J connectivity index is 0.000000168. The normalized spacial score (nSPS) is 10.7. The summed E-state index contributed by atoms with van der Waals surface area (Å²) in [6.07, 6.45) is 5.99. The Kier molecular flexibility index (Phi) is 8.67. The number of aromatic nitrogens is 2. The number of hydrogen-bond donors (Lipinski definition) is 0. The molecule has 2 heterocycles. The molecular formula is C34H32N2Zr. The van der Waals surface area contributed by atoms with Crippen LogP contribution in [0.4, 0.5) is 0 Å². The van der Waals surface area contributed by atoms with Gasteiger partial charge < -0.3 is 0 Å². The van der Waals surface area contributed by atoms with Crippen molar-refractivity contribution >= 4 is 21.5 Å². The molecule has 2 aromatic heterocycles. The Morgan fingerprint density at radius 3 is 1.38 bits per heavy atom. The molecule has 182 valence electrons. The van der Waals surface area contributed by atoms with E-state index < -0.39 is 0 Å². The first-order valence-electron chi connectivity index (χ1n) is 12.8. The summed E-state index contributed by atoms with van der Waals surface area (Å²) in [6, 6.07) is 30.4. The summed E-state index contributed by atoms with van der Waals surface area (Å²) in [6.45, 7) is 8.53. The smallest absolute Gasteiger partial charge is 0.295 e. The third-order valence-corrected chi connectivity index (χ3v) is 6.86. The summed E-state index contributed by atoms with van der Waals surface area (Å²) in [5.74, 6) is 0. The van der Waals surface area contributed by atoms with Crippen LogP contribution in [0.25, 0.3) is 44.1 Å². The number of hydrogen-bond acceptors (Lipinski definition) is 2. The Hall–Kier alpha value is -3.16. The summed E-state index contributed by atoms with van der Waals surface area (Å²) in [5.41, 5.74) is 9.75. The fraction of sp³-hybridized carbons (Fsp3) is 0.176. The second kappa shape index (κ2) is 11.9. The van der Waals surface area contributed by atoms with Gasteiger partial charge in [0.2, 0.25) is 0 Å². The molecular weight excluding hydrogens is 528 g/mol. The van der Waals surface area contributed by atoms with Gasteiger partial charge in [0, 0.05) is 23.8 Å². The van der Waals surface area contributed by atoms with Gasteiger partial charge >= 0.3 is 26.2 Å². The Bertz CT molecular complexity index is 1480. The molecule has 0 spiro atoms. The first-order valence-corrected chi connectivity index (χ1v) is 12.8. The van der Waals surface area contributed by atoms with Crippen LogP contribution < -0.4 is 0 Å². The first kappa shape index (κ1) is 26.9. The van der Waals surface area contributed by atoms with Crippen LogP contribution >= 0.6 is 0 Å². The van der Waals surface area contributed by atoms with Crippen molar-refractivity contribution < 1.29 is 26.2 Å². The van der Waals surface area contributed by atoms with Gasteiger partial charge in [-0.05, 0) is 37.8 Å². The first-order chi connectivity index (χ1) is 17.6. The largest absolute Gasteiger partial charge is 2.00 e. The molecule has 0 aliphatic carbocycles. The fourth-order valence-electron chi connectivity index (χ4n) is 4.79. The molecule has 4 aromatic carbocycles. The average molecular weight is 560 g/mol. The van der Waals surface area contributed by atoms with E-state index in [4.69, 9.17) is 0 Å². The zero-order valence-corrected chi connectivity index (χ0v) is 24.5. The third-order valence-electron chi connectivity index (χ3n) is 6.86. The van der Waals surface area contributed by atoms with Crippen LogP contribution in [0.5, 0.6) is 0 Å². The van der Waals surface area contributed by atoms with E-state index in [1.54, 1.807) is 0 Å². The van der Waals surface area contributed by atoms with Gasteiger partial charge in [0.05, 0.1) is 0 Å². The molecule has 0 unspecified atom stereocenters. The molecule has 3 heteroatoms. The Morgan fingerprint density at radius 1 is 0.595 bits per heavy atom. The molecule has 0 aliphatic rings. The molecule has 0 saturated heterocycles. The van der Waals surface area contributed by atoms with E-state index in [-0.39, 0.29) is 26.2 Å². The van der Waals surface area contributed by atoms with E-state index >= 15 is 0 Å². The van der Waals surface area contributed by atoms with Crippen molar-refractivity contribution in [1.82, 2.24) is 9.97 Å². The molecule has 37 heavy (non-hydrogen) atoms. The molecule has 0 amide bonds. The van der Waals surface area contributed by atoms with Gasteiger partial charge in [-0.3, -0.25) is 9.97 Å². The SMILES string of the molecule is CCc1cccc2[cH-]c(-c3ccc(C)cn3)cc12.CCc1cccc2[cH-]c(-c3ccc(C)cn3)cc12.[Zr+2]. The van der Waals surface area contributed by atoms with Gasteiger partial charge in [-0.2, -0.15) is 0 Å². The molecule has 0 bridgehead atoms. The van der Waals surface area contributed by atoms with Crippen LogP contribution in [0, 0.1) is 13.8 Å². The van der Waals surface area contributed by atoms with Crippen molar-refractivity contribution in [2.24, 2.45) is 0 Å². The van der Waals surface area contributed by atoms with E-state index in [1.807, 2.05) is 12.4 Å². The molecule has 6 rings (SSSR count). The molecule has 0 atom stereocenters. The summed E-state index contributed by atoms with van der Waals surface area (Å²) >= 11 is 0. The Labute approximate surface area is 239 Å². The van der Waals surface area contributed by atoms with E-state index in [2.05, 4.69) is 123 Å². The van der Waals surface area contributed by atoms with Crippen molar-refractivity contribution in [1.29, 1.82) is 0 Å². The van der Waals surface area contributed by atoms with E-state index in [9.17, 15) is 0 Å². The number of fused-ring (bicyclic) bond motifs is 2. The van der Waals surface area contributed by atoms with E-state index in [0.717, 1.165) is 24.2 Å². The monoisotopic (exact) mass is 558 g/mol. The quantitative estimate of drug-likeness (QED) is 0.201. The maximum Gasteiger partial charge on any atom is 2.00 e. The minimum Gasteiger partial charge on any atom is -0.295 e. The molecule has 6 aromatic rings. The summed E-state index contributed by atoms with van der Waals surface area (Å²) in [5, 5.41) is 5.34. The zero-order chi connectivity index (χ0) is 25.1. The predicted molar refractivity (Wildman–Crippen MR) is 154 cm³/mol. The Morgan fingerprint density at radius 2 is 1.03 bits per heavy atom. The number of nitrogens with zero attached hydrogens (tertiary/aromatic N) is 2. The standard InChI is InChI=1S/2C17H16N.Zr/c2*1-3-13-5-4-6-14-9-15(10-16(13)14)17-8-7-12(2)11-18-17;/h2*4-11H,3H2,1-2H3;/q2*-1;+2. The maximum atomic E-state index is 4.50. The summed E-state index contributed by atoms with van der Waals surface area (Å²) in [7, 11) is 0. The van der Waals surface area contributed by atoms with Crippen LogP contribution in [0.3, 0.4) is 0 Å². The third kappa shape index (κ3) is 5.89. The van der Waals surface area contributed by atoms with Gasteiger partial charge in [-0.15, -0.1) is 69.1 Å². The molecule has 0 saturated carbocycles. The van der Waals surface area contributed by atoms with Gasteiger partial charge in [0.1, 0.15) is 0 Å². The summed E-state index contributed by atoms with van der Waals surface area (Å²) < 4.78 is 0. The van der Waals surface area contributed by atoms with Crippen molar-refractivity contribution in [3.63, 3.8) is 0 Å². The maximum absolute atomic E-state index is 4.50. The number of rotatable bonds is 4. The second-order valence-corrected chi connectivity index (χ2v) is 9.48. The van der Waals surface area contributed by atoms with Crippen molar-refractivity contribution in [3.05, 3.63) is 120 Å². The average Bonchev–Trinajstić information content (AvgIpc) is 3.54. The van der Waals surface area contributed by atoms with Crippen LogP contribution in [0.2, 0.25) is 0 Å². The molecule has 2 nitrogen and oxygen atoms in total. The van der Waals surface area contributed by atoms with Crippen molar-refractivity contribution in [3.8, 4) is 22.5 Å². The van der Waals surface area contributed by atoms with Crippen LogP contribution in [-0.2, 0) is 39.0 Å². The fourth-order valence-corrected chi connectivity index (χ4v) is 4.79. The van der Waals surface area contributed by atoms with E-state index in [0.29, 0.717) is 0 Å². The number of aryl methyl sites for hydroxylation is 4. The molecule has 0 aliphatic heterocycles. The minimum atomic E-state index is 0. The molecule has 0 fully saturated rings. The van der Waals surface area contributed by atoms with Crippen molar-refractivity contribution in [2.75, 3.05) is 0 Å². The van der Waals surface area contributed by atoms with Gasteiger partial charge in [-0.1, -0.05) is 73.5 Å². The van der Waals surface area contributed by atoms with Crippen LogP contribution in [-0.4, -0.2) is 9.97 Å². The van der Waals surface area contributed by atoms with Crippen LogP contribution in [0.1, 0.15) is 36.1 Å². The van der Waals surface area contributed by atoms with Crippen molar-refractivity contribution in [2.45, 2.75) is 40.5 Å². The van der Waals surface area contributed by atoms with Crippen LogP contribution in [0.15, 0.2) is 97.3 Å². The van der Waals surface area contributed by atoms with Gasteiger partial charge in [0.25, 0.3) is 0 Å². The topological polar surface area (TPSA) is 25.8 Å². The number of benzene rings is 2. The molecule has 0 radical (unpaired) electrons. The predicted octanol–water partition coefficient (Wildman–Crippen LogP) is 8.98. The minimum absolute atomic E-state index is 0. The zero-order valence-electron chi connectivity index (χ0n) is 22.0. The number of pyridine rings is 2.